The molecule has 0 fully saturated rings. The number of rotatable bonds is 2. The van der Waals surface area contributed by atoms with Gasteiger partial charge < -0.3 is 11.1 Å². The quantitative estimate of drug-likeness (QED) is 0.829. The summed E-state index contributed by atoms with van der Waals surface area (Å²) in [5.41, 5.74) is 4.21. The van der Waals surface area contributed by atoms with Gasteiger partial charge in [-0.1, -0.05) is 0 Å². The summed E-state index contributed by atoms with van der Waals surface area (Å²) >= 11 is 3.07. The second-order valence-corrected chi connectivity index (χ2v) is 4.32. The summed E-state index contributed by atoms with van der Waals surface area (Å²) in [5, 5.41) is 2.23. The number of benzene rings is 1. The van der Waals surface area contributed by atoms with Gasteiger partial charge >= 0.3 is 0 Å². The Morgan fingerprint density at radius 2 is 2.00 bits per heavy atom. The first kappa shape index (κ1) is 13.3. The van der Waals surface area contributed by atoms with E-state index in [1.807, 2.05) is 0 Å². The van der Waals surface area contributed by atoms with Crippen molar-refractivity contribution >= 4 is 33.3 Å². The molecule has 8 heteroatoms. The molecule has 5 nitrogen and oxygen atoms in total. The molecule has 0 spiro atoms. The summed E-state index contributed by atoms with van der Waals surface area (Å²) in [4.78, 5) is 19.4. The number of nitrogens with two attached hydrogens (primary N) is 1. The predicted octanol–water partition coefficient (Wildman–Crippen LogP) is 2.35. The van der Waals surface area contributed by atoms with Gasteiger partial charge in [-0.05, 0) is 28.1 Å². The van der Waals surface area contributed by atoms with Crippen LogP contribution in [0.15, 0.2) is 29.1 Å². The number of hydrogen-bond donors (Lipinski definition) is 2. The van der Waals surface area contributed by atoms with Gasteiger partial charge in [0.05, 0.1) is 18.1 Å². The van der Waals surface area contributed by atoms with Gasteiger partial charge in [0.25, 0.3) is 5.91 Å². The van der Waals surface area contributed by atoms with Crippen molar-refractivity contribution in [2.24, 2.45) is 0 Å². The van der Waals surface area contributed by atoms with Crippen LogP contribution in [0.2, 0.25) is 0 Å². The van der Waals surface area contributed by atoms with Crippen molar-refractivity contribution in [3.05, 3.63) is 46.3 Å². The topological polar surface area (TPSA) is 80.9 Å². The van der Waals surface area contributed by atoms with E-state index >= 15 is 0 Å². The maximum absolute atomic E-state index is 13.6. The van der Waals surface area contributed by atoms with Gasteiger partial charge in [-0.2, -0.15) is 0 Å². The van der Waals surface area contributed by atoms with Crippen LogP contribution in [0.1, 0.15) is 10.4 Å². The van der Waals surface area contributed by atoms with Crippen LogP contribution in [0.3, 0.4) is 0 Å². The predicted molar refractivity (Wildman–Crippen MR) is 68.5 cm³/mol. The third kappa shape index (κ3) is 2.84. The Balaban J connectivity index is 2.30. The second-order valence-electron chi connectivity index (χ2n) is 3.50. The molecule has 0 unspecified atom stereocenters. The number of anilines is 2. The summed E-state index contributed by atoms with van der Waals surface area (Å²) in [7, 11) is 0. The smallest absolute Gasteiger partial charge is 0.262 e. The van der Waals surface area contributed by atoms with Crippen LogP contribution < -0.4 is 11.1 Å². The fourth-order valence-electron chi connectivity index (χ4n) is 1.33. The molecular weight excluding hydrogens is 322 g/mol. The number of hydrogen-bond acceptors (Lipinski definition) is 4. The third-order valence-corrected chi connectivity index (χ3v) is 2.62. The van der Waals surface area contributed by atoms with Crippen molar-refractivity contribution in [3.8, 4) is 0 Å². The van der Waals surface area contributed by atoms with Crippen LogP contribution in [0.5, 0.6) is 0 Å². The molecule has 2 rings (SSSR count). The molecule has 0 saturated carbocycles. The molecule has 3 N–H and O–H groups in total. The fraction of sp³-hybridized carbons (Fsp3) is 0. The highest BCUT2D eigenvalue weighted by atomic mass is 79.9. The van der Waals surface area contributed by atoms with Crippen molar-refractivity contribution in [2.75, 3.05) is 11.1 Å². The summed E-state index contributed by atoms with van der Waals surface area (Å²) < 4.78 is 27.5. The minimum atomic E-state index is -1.11. The van der Waals surface area contributed by atoms with Gasteiger partial charge in [0.2, 0.25) is 0 Å². The van der Waals surface area contributed by atoms with Gasteiger partial charge in [0.15, 0.2) is 11.6 Å². The maximum atomic E-state index is 13.6. The Morgan fingerprint density at radius 1 is 1.26 bits per heavy atom. The zero-order chi connectivity index (χ0) is 14.0. The summed E-state index contributed by atoms with van der Waals surface area (Å²) in [6.45, 7) is 0. The lowest BCUT2D eigenvalue weighted by molar-refractivity contribution is 0.101. The summed E-state index contributed by atoms with van der Waals surface area (Å²) in [5.74, 6) is -3.04. The van der Waals surface area contributed by atoms with Crippen LogP contribution >= 0.6 is 15.9 Å². The van der Waals surface area contributed by atoms with Crippen molar-refractivity contribution in [3.63, 3.8) is 0 Å². The molecular formula is C11H7BrF2N4O. The van der Waals surface area contributed by atoms with Crippen molar-refractivity contribution in [2.45, 2.75) is 0 Å². The van der Waals surface area contributed by atoms with E-state index in [4.69, 9.17) is 5.73 Å². The SMILES string of the molecule is Nc1ccc(F)c(C(=O)Nc2cnc(Br)cn2)c1F. The highest BCUT2D eigenvalue weighted by Crippen LogP contribution is 2.19. The number of aromatic nitrogens is 2. The number of nitrogen functional groups attached to an aromatic ring is 1. The Hall–Kier alpha value is -2.09. The highest BCUT2D eigenvalue weighted by molar-refractivity contribution is 9.10. The van der Waals surface area contributed by atoms with Crippen LogP contribution in [0.4, 0.5) is 20.3 Å². The van der Waals surface area contributed by atoms with E-state index in [0.29, 0.717) is 4.60 Å². The minimum absolute atomic E-state index is 0.0643. The first-order valence-corrected chi connectivity index (χ1v) is 5.80. The monoisotopic (exact) mass is 328 g/mol. The van der Waals surface area contributed by atoms with Crippen molar-refractivity contribution in [1.82, 2.24) is 9.97 Å². The first-order chi connectivity index (χ1) is 8.99. The zero-order valence-electron chi connectivity index (χ0n) is 9.32. The largest absolute Gasteiger partial charge is 0.396 e. The van der Waals surface area contributed by atoms with E-state index in [1.165, 1.54) is 12.4 Å². The maximum Gasteiger partial charge on any atom is 0.262 e. The van der Waals surface area contributed by atoms with E-state index in [2.05, 4.69) is 31.2 Å². The number of amides is 1. The molecule has 98 valence electrons. The fourth-order valence-corrected chi connectivity index (χ4v) is 1.54. The number of halogens is 3. The van der Waals surface area contributed by atoms with Crippen LogP contribution in [0, 0.1) is 11.6 Å². The Morgan fingerprint density at radius 3 is 2.63 bits per heavy atom. The molecule has 19 heavy (non-hydrogen) atoms. The average molecular weight is 329 g/mol. The molecule has 0 aliphatic carbocycles. The number of nitrogens with zero attached hydrogens (tertiary/aromatic N) is 2. The summed E-state index contributed by atoms with van der Waals surface area (Å²) in [6.07, 6.45) is 2.58. The van der Waals surface area contributed by atoms with E-state index in [0.717, 1.165) is 12.1 Å². The molecule has 0 aliphatic heterocycles. The lowest BCUT2D eigenvalue weighted by atomic mass is 10.1. The van der Waals surface area contributed by atoms with Crippen LogP contribution in [-0.2, 0) is 0 Å². The molecule has 1 aromatic heterocycles. The third-order valence-electron chi connectivity index (χ3n) is 2.21. The minimum Gasteiger partial charge on any atom is -0.396 e. The number of nitrogens with one attached hydrogen (secondary N) is 1. The van der Waals surface area contributed by atoms with Crippen LogP contribution in [0.25, 0.3) is 0 Å². The molecule has 2 aromatic rings. The molecule has 1 aromatic carbocycles. The van der Waals surface area contributed by atoms with E-state index in [9.17, 15) is 13.6 Å². The Labute approximate surface area is 115 Å². The molecule has 1 heterocycles. The summed E-state index contributed by atoms with van der Waals surface area (Å²) in [6, 6.07) is 1.96. The normalized spacial score (nSPS) is 10.3. The molecule has 0 radical (unpaired) electrons. The number of carbonyl (C=O) groups is 1. The van der Waals surface area contributed by atoms with Gasteiger partial charge in [0, 0.05) is 0 Å². The highest BCUT2D eigenvalue weighted by Gasteiger charge is 2.20. The van der Waals surface area contributed by atoms with Gasteiger partial charge in [-0.25, -0.2) is 18.7 Å². The molecule has 0 bridgehead atoms. The lowest BCUT2D eigenvalue weighted by Crippen LogP contribution is -2.17. The second kappa shape index (κ2) is 5.27. The van der Waals surface area contributed by atoms with E-state index in [-0.39, 0.29) is 11.5 Å². The standard InChI is InChI=1S/C11H7BrF2N4O/c12-7-3-17-8(4-16-7)18-11(19)9-5(13)1-2-6(15)10(9)14/h1-4H,15H2,(H,17,18,19). The Bertz CT molecular complexity index is 633. The molecule has 0 saturated heterocycles. The molecule has 0 aliphatic rings. The first-order valence-electron chi connectivity index (χ1n) is 5.01. The van der Waals surface area contributed by atoms with Gasteiger partial charge in [0.1, 0.15) is 16.0 Å². The zero-order valence-corrected chi connectivity index (χ0v) is 10.9. The van der Waals surface area contributed by atoms with E-state index in [1.54, 1.807) is 0 Å². The average Bonchev–Trinajstić information content (AvgIpc) is 2.37. The molecule has 0 atom stereocenters. The molecule has 1 amide bonds. The van der Waals surface area contributed by atoms with Crippen molar-refractivity contribution < 1.29 is 13.6 Å². The van der Waals surface area contributed by atoms with Crippen molar-refractivity contribution in [1.29, 1.82) is 0 Å². The van der Waals surface area contributed by atoms with Crippen LogP contribution in [-0.4, -0.2) is 15.9 Å². The number of carbonyl (C=O) groups excluding carboxylic acids is 1. The Kier molecular flexibility index (Phi) is 3.70. The van der Waals surface area contributed by atoms with E-state index < -0.39 is 23.1 Å². The van der Waals surface area contributed by atoms with Gasteiger partial charge in [-0.3, -0.25) is 4.79 Å². The lowest BCUT2D eigenvalue weighted by Gasteiger charge is -2.07. The van der Waals surface area contributed by atoms with Gasteiger partial charge in [-0.15, -0.1) is 0 Å².